The Kier molecular flexibility index (Phi) is 13.2. The van der Waals surface area contributed by atoms with Gasteiger partial charge < -0.3 is 26.0 Å². The molecule has 0 heterocycles. The molecule has 1 fully saturated rings. The highest BCUT2D eigenvalue weighted by Crippen LogP contribution is 2.28. The lowest BCUT2D eigenvalue weighted by atomic mass is 10.1. The first-order chi connectivity index (χ1) is 12.7. The lowest BCUT2D eigenvalue weighted by Gasteiger charge is -2.24. The minimum atomic E-state index is -0.515. The summed E-state index contributed by atoms with van der Waals surface area (Å²) >= 11 is 0. The maximum absolute atomic E-state index is 11.9. The number of ether oxygens (including phenoxy) is 1. The van der Waals surface area contributed by atoms with Gasteiger partial charge in [0.1, 0.15) is 5.60 Å². The molecule has 2 amide bonds. The van der Waals surface area contributed by atoms with Gasteiger partial charge in [-0.05, 0) is 40.0 Å². The molecule has 0 spiro atoms. The summed E-state index contributed by atoms with van der Waals surface area (Å²) < 4.78 is 5.29. The van der Waals surface area contributed by atoms with E-state index in [9.17, 15) is 9.59 Å². The molecule has 0 aromatic rings. The SMILES string of the molecule is CCCCC(CNC(=O)OC(C)(C)C)NC(=NC)NCCNC(=O)C1CC1.I. The van der Waals surface area contributed by atoms with E-state index in [0.717, 1.165) is 32.1 Å². The second kappa shape index (κ2) is 13.8. The van der Waals surface area contributed by atoms with E-state index in [-0.39, 0.29) is 41.8 Å². The van der Waals surface area contributed by atoms with E-state index < -0.39 is 11.7 Å². The molecular formula is C19H38IN5O3. The van der Waals surface area contributed by atoms with Gasteiger partial charge in [-0.15, -0.1) is 24.0 Å². The van der Waals surface area contributed by atoms with E-state index in [1.165, 1.54) is 0 Å². The zero-order valence-corrected chi connectivity index (χ0v) is 20.2. The summed E-state index contributed by atoms with van der Waals surface area (Å²) in [5.41, 5.74) is -0.515. The number of rotatable bonds is 10. The van der Waals surface area contributed by atoms with Crippen LogP contribution in [-0.4, -0.2) is 56.3 Å². The smallest absolute Gasteiger partial charge is 0.407 e. The number of guanidine groups is 1. The molecule has 1 aliphatic rings. The van der Waals surface area contributed by atoms with Crippen LogP contribution in [0.2, 0.25) is 0 Å². The number of hydrogen-bond acceptors (Lipinski definition) is 4. The van der Waals surface area contributed by atoms with Crippen molar-refractivity contribution in [3.8, 4) is 0 Å². The normalized spacial score (nSPS) is 15.1. The molecule has 0 aliphatic heterocycles. The average Bonchev–Trinajstić information content (AvgIpc) is 3.42. The van der Waals surface area contributed by atoms with Crippen molar-refractivity contribution >= 4 is 41.9 Å². The largest absolute Gasteiger partial charge is 0.444 e. The highest BCUT2D eigenvalue weighted by atomic mass is 127. The van der Waals surface area contributed by atoms with Gasteiger partial charge in [0.05, 0.1) is 0 Å². The van der Waals surface area contributed by atoms with Crippen LogP contribution in [0, 0.1) is 5.92 Å². The van der Waals surface area contributed by atoms with E-state index in [4.69, 9.17) is 4.74 Å². The number of unbranched alkanes of at least 4 members (excludes halogenated alkanes) is 1. The fourth-order valence-corrected chi connectivity index (χ4v) is 2.44. The van der Waals surface area contributed by atoms with E-state index in [0.29, 0.717) is 25.6 Å². The van der Waals surface area contributed by atoms with Crippen LogP contribution in [0.4, 0.5) is 4.79 Å². The van der Waals surface area contributed by atoms with Crippen molar-refractivity contribution in [1.82, 2.24) is 21.3 Å². The molecule has 164 valence electrons. The minimum absolute atomic E-state index is 0. The molecule has 1 rings (SSSR count). The van der Waals surface area contributed by atoms with Crippen molar-refractivity contribution in [2.75, 3.05) is 26.7 Å². The summed E-state index contributed by atoms with van der Waals surface area (Å²) in [7, 11) is 1.70. The number of aliphatic imine (C=N–C) groups is 1. The number of hydrogen-bond donors (Lipinski definition) is 4. The van der Waals surface area contributed by atoms with Gasteiger partial charge in [-0.3, -0.25) is 9.79 Å². The van der Waals surface area contributed by atoms with Crippen LogP contribution < -0.4 is 21.3 Å². The Hall–Kier alpha value is -1.26. The van der Waals surface area contributed by atoms with Crippen molar-refractivity contribution in [2.45, 2.75) is 71.4 Å². The Balaban J connectivity index is 0.00000729. The number of halogens is 1. The molecule has 1 unspecified atom stereocenters. The molecule has 4 N–H and O–H groups in total. The second-order valence-electron chi connectivity index (χ2n) is 7.93. The number of alkyl carbamates (subject to hydrolysis) is 1. The predicted octanol–water partition coefficient (Wildman–Crippen LogP) is 2.38. The summed E-state index contributed by atoms with van der Waals surface area (Å²) in [6.45, 7) is 9.26. The molecular weight excluding hydrogens is 473 g/mol. The summed E-state index contributed by atoms with van der Waals surface area (Å²) in [6, 6.07) is 0.0460. The number of carbonyl (C=O) groups is 2. The standard InChI is InChI=1S/C19H37N5O3.HI/c1-6-7-8-15(13-23-18(26)27-19(2,3)4)24-17(20-5)22-12-11-21-16(25)14-9-10-14;/h14-15H,6-13H2,1-5H3,(H,21,25)(H,23,26)(H2,20,22,24);1H. The van der Waals surface area contributed by atoms with Crippen LogP contribution in [0.1, 0.15) is 59.8 Å². The Bertz CT molecular complexity index is 504. The third kappa shape index (κ3) is 13.0. The van der Waals surface area contributed by atoms with Crippen molar-refractivity contribution < 1.29 is 14.3 Å². The summed E-state index contributed by atoms with van der Waals surface area (Å²) in [5.74, 6) is 1.02. The topological polar surface area (TPSA) is 104 Å². The van der Waals surface area contributed by atoms with E-state index in [2.05, 4.69) is 33.2 Å². The van der Waals surface area contributed by atoms with Gasteiger partial charge in [0.2, 0.25) is 5.91 Å². The molecule has 1 saturated carbocycles. The molecule has 0 aromatic heterocycles. The van der Waals surface area contributed by atoms with E-state index in [1.54, 1.807) is 7.05 Å². The summed E-state index contributed by atoms with van der Waals surface area (Å²) in [4.78, 5) is 27.7. The first-order valence-electron chi connectivity index (χ1n) is 9.97. The van der Waals surface area contributed by atoms with Crippen LogP contribution in [-0.2, 0) is 9.53 Å². The molecule has 0 saturated heterocycles. The maximum Gasteiger partial charge on any atom is 0.407 e. The highest BCUT2D eigenvalue weighted by Gasteiger charge is 2.29. The molecule has 1 atom stereocenters. The van der Waals surface area contributed by atoms with Crippen LogP contribution in [0.3, 0.4) is 0 Å². The van der Waals surface area contributed by atoms with Crippen molar-refractivity contribution in [3.63, 3.8) is 0 Å². The van der Waals surface area contributed by atoms with Gasteiger partial charge >= 0.3 is 6.09 Å². The average molecular weight is 511 g/mol. The van der Waals surface area contributed by atoms with E-state index >= 15 is 0 Å². The van der Waals surface area contributed by atoms with Gasteiger partial charge in [-0.1, -0.05) is 19.8 Å². The highest BCUT2D eigenvalue weighted by molar-refractivity contribution is 14.0. The Morgan fingerprint density at radius 1 is 1.14 bits per heavy atom. The van der Waals surface area contributed by atoms with Crippen LogP contribution in [0.5, 0.6) is 0 Å². The Morgan fingerprint density at radius 3 is 2.32 bits per heavy atom. The fraction of sp³-hybridized carbons (Fsp3) is 0.842. The monoisotopic (exact) mass is 511 g/mol. The fourth-order valence-electron chi connectivity index (χ4n) is 2.44. The maximum atomic E-state index is 11.9. The first kappa shape index (κ1) is 26.7. The number of carbonyl (C=O) groups excluding carboxylic acids is 2. The summed E-state index contributed by atoms with van der Waals surface area (Å²) in [5, 5.41) is 12.3. The zero-order valence-electron chi connectivity index (χ0n) is 17.9. The van der Waals surface area contributed by atoms with Crippen molar-refractivity contribution in [3.05, 3.63) is 0 Å². The van der Waals surface area contributed by atoms with Crippen LogP contribution >= 0.6 is 24.0 Å². The minimum Gasteiger partial charge on any atom is -0.444 e. The molecule has 0 aromatic carbocycles. The quantitative estimate of drug-likeness (QED) is 0.156. The molecule has 0 bridgehead atoms. The molecule has 9 heteroatoms. The Morgan fingerprint density at radius 2 is 1.79 bits per heavy atom. The third-order valence-corrected chi connectivity index (χ3v) is 4.03. The zero-order chi connectivity index (χ0) is 20.3. The molecule has 28 heavy (non-hydrogen) atoms. The lowest BCUT2D eigenvalue weighted by Crippen LogP contribution is -2.50. The van der Waals surface area contributed by atoms with Crippen molar-refractivity contribution in [1.29, 1.82) is 0 Å². The predicted molar refractivity (Wildman–Crippen MR) is 123 cm³/mol. The van der Waals surface area contributed by atoms with Crippen LogP contribution in [0.15, 0.2) is 4.99 Å². The van der Waals surface area contributed by atoms with Crippen LogP contribution in [0.25, 0.3) is 0 Å². The van der Waals surface area contributed by atoms with E-state index in [1.807, 2.05) is 20.8 Å². The first-order valence-corrected chi connectivity index (χ1v) is 9.97. The Labute approximate surface area is 186 Å². The molecule has 0 radical (unpaired) electrons. The lowest BCUT2D eigenvalue weighted by molar-refractivity contribution is -0.122. The van der Waals surface area contributed by atoms with Gasteiger partial charge in [0.25, 0.3) is 0 Å². The summed E-state index contributed by atoms with van der Waals surface area (Å²) in [6.07, 6.45) is 4.62. The van der Waals surface area contributed by atoms with Gasteiger partial charge in [0.15, 0.2) is 5.96 Å². The number of nitrogens with zero attached hydrogens (tertiary/aromatic N) is 1. The third-order valence-electron chi connectivity index (χ3n) is 4.03. The van der Waals surface area contributed by atoms with Gasteiger partial charge in [-0.2, -0.15) is 0 Å². The van der Waals surface area contributed by atoms with Crippen molar-refractivity contribution in [2.24, 2.45) is 10.9 Å². The van der Waals surface area contributed by atoms with Gasteiger partial charge in [-0.25, -0.2) is 4.79 Å². The van der Waals surface area contributed by atoms with Gasteiger partial charge in [0, 0.05) is 38.6 Å². The number of nitrogens with one attached hydrogen (secondary N) is 4. The number of amides is 2. The molecule has 1 aliphatic carbocycles. The second-order valence-corrected chi connectivity index (χ2v) is 7.93. The molecule has 8 nitrogen and oxygen atoms in total.